The van der Waals surface area contributed by atoms with Crippen LogP contribution < -0.4 is 16.4 Å². The van der Waals surface area contributed by atoms with Gasteiger partial charge in [-0.1, -0.05) is 6.92 Å². The Hall–Kier alpha value is -0.810. The molecule has 1 spiro atoms. The molecule has 0 aromatic heterocycles. The number of carbonyl (C=O) groups is 1. The predicted molar refractivity (Wildman–Crippen MR) is 88.7 cm³/mol. The van der Waals surface area contributed by atoms with Crippen molar-refractivity contribution in [2.24, 2.45) is 11.1 Å². The Morgan fingerprint density at radius 2 is 2.00 bits per heavy atom. The normalized spacial score (nSPS) is 32.6. The molecule has 22 heavy (non-hydrogen) atoms. The number of rotatable bonds is 5. The van der Waals surface area contributed by atoms with E-state index in [1.165, 1.54) is 25.7 Å². The summed E-state index contributed by atoms with van der Waals surface area (Å²) in [5.74, 6) is 0. The van der Waals surface area contributed by atoms with Crippen LogP contribution in [0.2, 0.25) is 0 Å². The van der Waals surface area contributed by atoms with E-state index in [0.717, 1.165) is 12.8 Å². The SMILES string of the molecule is CCC(CN)NC1CCC2(CC1)CC2NC(=O)OC(C)(C)C. The van der Waals surface area contributed by atoms with Gasteiger partial charge in [0.2, 0.25) is 0 Å². The molecule has 2 saturated carbocycles. The molecule has 2 aliphatic carbocycles. The monoisotopic (exact) mass is 311 g/mol. The number of hydrogen-bond acceptors (Lipinski definition) is 4. The number of alkyl carbamates (subject to hydrolysis) is 1. The van der Waals surface area contributed by atoms with Gasteiger partial charge in [0.25, 0.3) is 0 Å². The average molecular weight is 311 g/mol. The van der Waals surface area contributed by atoms with Crippen molar-refractivity contribution < 1.29 is 9.53 Å². The smallest absolute Gasteiger partial charge is 0.407 e. The highest BCUT2D eigenvalue weighted by atomic mass is 16.6. The summed E-state index contributed by atoms with van der Waals surface area (Å²) in [4.78, 5) is 11.9. The van der Waals surface area contributed by atoms with E-state index < -0.39 is 5.60 Å². The molecule has 128 valence electrons. The van der Waals surface area contributed by atoms with Crippen molar-refractivity contribution in [1.82, 2.24) is 10.6 Å². The largest absolute Gasteiger partial charge is 0.444 e. The molecule has 5 nitrogen and oxygen atoms in total. The summed E-state index contributed by atoms with van der Waals surface area (Å²) in [6.07, 6.45) is 6.65. The highest BCUT2D eigenvalue weighted by molar-refractivity contribution is 5.68. The van der Waals surface area contributed by atoms with E-state index in [0.29, 0.717) is 30.1 Å². The van der Waals surface area contributed by atoms with Crippen LogP contribution in [0.4, 0.5) is 4.79 Å². The minimum Gasteiger partial charge on any atom is -0.444 e. The number of amides is 1. The van der Waals surface area contributed by atoms with Crippen LogP contribution in [-0.4, -0.2) is 36.4 Å². The highest BCUT2D eigenvalue weighted by Gasteiger charge is 2.56. The van der Waals surface area contributed by atoms with Crippen molar-refractivity contribution in [3.05, 3.63) is 0 Å². The maximum absolute atomic E-state index is 11.9. The Bertz CT molecular complexity index is 380. The first kappa shape index (κ1) is 17.5. The molecular weight excluding hydrogens is 278 g/mol. The lowest BCUT2D eigenvalue weighted by atomic mass is 9.82. The Morgan fingerprint density at radius 3 is 2.50 bits per heavy atom. The number of carbonyl (C=O) groups excluding carboxylic acids is 1. The second kappa shape index (κ2) is 6.75. The van der Waals surface area contributed by atoms with E-state index in [1.54, 1.807) is 0 Å². The van der Waals surface area contributed by atoms with Gasteiger partial charge in [-0.15, -0.1) is 0 Å². The van der Waals surface area contributed by atoms with Crippen molar-refractivity contribution in [3.63, 3.8) is 0 Å². The maximum atomic E-state index is 11.9. The molecule has 2 unspecified atom stereocenters. The van der Waals surface area contributed by atoms with Gasteiger partial charge in [0, 0.05) is 24.7 Å². The van der Waals surface area contributed by atoms with Gasteiger partial charge in [-0.05, 0) is 64.7 Å². The zero-order chi connectivity index (χ0) is 16.4. The summed E-state index contributed by atoms with van der Waals surface area (Å²) >= 11 is 0. The lowest BCUT2D eigenvalue weighted by Crippen LogP contribution is -2.45. The summed E-state index contributed by atoms with van der Waals surface area (Å²) in [5, 5.41) is 6.72. The minimum absolute atomic E-state index is 0.274. The lowest BCUT2D eigenvalue weighted by molar-refractivity contribution is 0.0511. The van der Waals surface area contributed by atoms with Crippen LogP contribution in [0.5, 0.6) is 0 Å². The van der Waals surface area contributed by atoms with Crippen LogP contribution in [-0.2, 0) is 4.74 Å². The second-order valence-corrected chi connectivity index (χ2v) is 8.05. The molecule has 2 fully saturated rings. The molecule has 0 aliphatic heterocycles. The molecular formula is C17H33N3O2. The van der Waals surface area contributed by atoms with E-state index in [9.17, 15) is 4.79 Å². The first-order valence-electron chi connectivity index (χ1n) is 8.73. The van der Waals surface area contributed by atoms with Crippen molar-refractivity contribution in [3.8, 4) is 0 Å². The van der Waals surface area contributed by atoms with Crippen molar-refractivity contribution >= 4 is 6.09 Å². The van der Waals surface area contributed by atoms with Gasteiger partial charge in [-0.25, -0.2) is 4.79 Å². The summed E-state index contributed by atoms with van der Waals surface area (Å²) in [7, 11) is 0. The summed E-state index contributed by atoms with van der Waals surface area (Å²) in [6, 6.07) is 1.33. The second-order valence-electron chi connectivity index (χ2n) is 8.05. The Morgan fingerprint density at radius 1 is 1.36 bits per heavy atom. The molecule has 4 N–H and O–H groups in total. The third-order valence-corrected chi connectivity index (χ3v) is 5.11. The fourth-order valence-corrected chi connectivity index (χ4v) is 3.60. The van der Waals surface area contributed by atoms with Crippen LogP contribution >= 0.6 is 0 Å². The molecule has 2 rings (SSSR count). The average Bonchev–Trinajstić information content (AvgIpc) is 3.08. The van der Waals surface area contributed by atoms with Gasteiger partial charge in [0.1, 0.15) is 5.60 Å². The molecule has 2 aliphatic rings. The fraction of sp³-hybridized carbons (Fsp3) is 0.941. The fourth-order valence-electron chi connectivity index (χ4n) is 3.60. The van der Waals surface area contributed by atoms with Crippen molar-refractivity contribution in [2.75, 3.05) is 6.54 Å². The van der Waals surface area contributed by atoms with Gasteiger partial charge in [0.15, 0.2) is 0 Å². The van der Waals surface area contributed by atoms with E-state index >= 15 is 0 Å². The number of nitrogens with one attached hydrogen (secondary N) is 2. The molecule has 0 aromatic carbocycles. The third-order valence-electron chi connectivity index (χ3n) is 5.11. The Balaban J connectivity index is 1.73. The third kappa shape index (κ3) is 4.59. The molecule has 0 aromatic rings. The van der Waals surface area contributed by atoms with E-state index in [4.69, 9.17) is 10.5 Å². The molecule has 0 saturated heterocycles. The van der Waals surface area contributed by atoms with E-state index in [2.05, 4.69) is 17.6 Å². The van der Waals surface area contributed by atoms with E-state index in [-0.39, 0.29) is 6.09 Å². The Labute approximate surface area is 134 Å². The maximum Gasteiger partial charge on any atom is 0.407 e. The van der Waals surface area contributed by atoms with Crippen LogP contribution in [0.25, 0.3) is 0 Å². The van der Waals surface area contributed by atoms with Gasteiger partial charge >= 0.3 is 6.09 Å². The molecule has 0 heterocycles. The zero-order valence-corrected chi connectivity index (χ0v) is 14.6. The van der Waals surface area contributed by atoms with Crippen LogP contribution in [0, 0.1) is 5.41 Å². The van der Waals surface area contributed by atoms with Crippen molar-refractivity contribution in [1.29, 1.82) is 0 Å². The zero-order valence-electron chi connectivity index (χ0n) is 14.6. The molecule has 5 heteroatoms. The first-order valence-corrected chi connectivity index (χ1v) is 8.73. The summed E-state index contributed by atoms with van der Waals surface area (Å²) in [6.45, 7) is 8.58. The number of nitrogens with two attached hydrogens (primary N) is 1. The number of ether oxygens (including phenoxy) is 1. The van der Waals surface area contributed by atoms with Gasteiger partial charge < -0.3 is 21.1 Å². The van der Waals surface area contributed by atoms with E-state index in [1.807, 2.05) is 20.8 Å². The molecule has 0 bridgehead atoms. The standard InChI is InChI=1S/C17H33N3O2/c1-5-12(11-18)19-13-6-8-17(9-7-13)10-14(17)20-15(21)22-16(2,3)4/h12-14,19H,5-11,18H2,1-4H3,(H,20,21). The summed E-state index contributed by atoms with van der Waals surface area (Å²) in [5.41, 5.74) is 5.68. The lowest BCUT2D eigenvalue weighted by Gasteiger charge is -2.32. The topological polar surface area (TPSA) is 76.4 Å². The number of hydrogen-bond donors (Lipinski definition) is 3. The highest BCUT2D eigenvalue weighted by Crippen LogP contribution is 2.56. The Kier molecular flexibility index (Phi) is 5.38. The molecule has 0 radical (unpaired) electrons. The van der Waals surface area contributed by atoms with Crippen LogP contribution in [0.3, 0.4) is 0 Å². The van der Waals surface area contributed by atoms with Gasteiger partial charge in [-0.2, -0.15) is 0 Å². The predicted octanol–water partition coefficient (Wildman–Crippen LogP) is 2.54. The summed E-state index contributed by atoms with van der Waals surface area (Å²) < 4.78 is 5.35. The van der Waals surface area contributed by atoms with Crippen molar-refractivity contribution in [2.45, 2.75) is 89.9 Å². The van der Waals surface area contributed by atoms with Gasteiger partial charge in [-0.3, -0.25) is 0 Å². The molecule has 2 atom stereocenters. The van der Waals surface area contributed by atoms with Crippen LogP contribution in [0.15, 0.2) is 0 Å². The minimum atomic E-state index is -0.425. The molecule has 1 amide bonds. The quantitative estimate of drug-likeness (QED) is 0.729. The van der Waals surface area contributed by atoms with Gasteiger partial charge in [0.05, 0.1) is 0 Å². The first-order chi connectivity index (χ1) is 10.3. The van der Waals surface area contributed by atoms with Crippen LogP contribution in [0.1, 0.15) is 66.2 Å².